The number of nitrogens with one attached hydrogen (secondary N) is 1. The Morgan fingerprint density at radius 3 is 2.78 bits per heavy atom. The summed E-state index contributed by atoms with van der Waals surface area (Å²) in [6, 6.07) is 13.0. The maximum Gasteiger partial charge on any atom is 0.251 e. The summed E-state index contributed by atoms with van der Waals surface area (Å²) < 4.78 is 7.73. The number of hydrogen-bond donors (Lipinski definition) is 2. The molecule has 0 radical (unpaired) electrons. The summed E-state index contributed by atoms with van der Waals surface area (Å²) in [4.78, 5) is 16.6. The van der Waals surface area contributed by atoms with Crippen LogP contribution in [0, 0.1) is 0 Å². The summed E-state index contributed by atoms with van der Waals surface area (Å²) in [5, 5.41) is 2.89. The van der Waals surface area contributed by atoms with Crippen molar-refractivity contribution in [2.75, 3.05) is 13.1 Å². The van der Waals surface area contributed by atoms with Crippen LogP contribution < -0.4 is 15.8 Å². The first kappa shape index (κ1) is 22.8. The molecule has 2 aromatic heterocycles. The molecule has 2 heterocycles. The fourth-order valence-electron chi connectivity index (χ4n) is 2.51. The van der Waals surface area contributed by atoms with Crippen LogP contribution in [0.25, 0.3) is 5.65 Å². The molecule has 3 aromatic rings. The number of nitrogens with zero attached hydrogens (tertiary/aromatic N) is 2. The highest BCUT2D eigenvalue weighted by Crippen LogP contribution is 2.15. The van der Waals surface area contributed by atoms with Crippen molar-refractivity contribution in [1.29, 1.82) is 0 Å². The second-order valence-electron chi connectivity index (χ2n) is 5.77. The van der Waals surface area contributed by atoms with E-state index >= 15 is 0 Å². The molecule has 0 unspecified atom stereocenters. The average molecular weight is 411 g/mol. The molecule has 0 aliphatic carbocycles. The van der Waals surface area contributed by atoms with E-state index in [0.29, 0.717) is 31.0 Å². The van der Waals surface area contributed by atoms with Gasteiger partial charge in [-0.25, -0.2) is 4.98 Å². The molecule has 0 saturated carbocycles. The van der Waals surface area contributed by atoms with Crippen molar-refractivity contribution in [3.63, 3.8) is 0 Å². The number of carbonyl (C=O) groups is 1. The van der Waals surface area contributed by atoms with Crippen molar-refractivity contribution in [1.82, 2.24) is 14.7 Å². The molecular weight excluding hydrogens is 387 g/mol. The van der Waals surface area contributed by atoms with E-state index in [9.17, 15) is 4.79 Å². The number of ether oxygens (including phenoxy) is 1. The fourth-order valence-corrected chi connectivity index (χ4v) is 2.51. The van der Waals surface area contributed by atoms with Crippen molar-refractivity contribution in [3.05, 3.63) is 66.1 Å². The number of unbranched alkanes of at least 4 members (excludes halogenated alkanes) is 1. The van der Waals surface area contributed by atoms with Crippen LogP contribution in [0.1, 0.15) is 28.9 Å². The number of fused-ring (bicyclic) bond motifs is 1. The van der Waals surface area contributed by atoms with Crippen molar-refractivity contribution >= 4 is 36.4 Å². The lowest BCUT2D eigenvalue weighted by atomic mass is 10.2. The first-order chi connectivity index (χ1) is 12.3. The molecule has 6 nitrogen and oxygen atoms in total. The third-order valence-corrected chi connectivity index (χ3v) is 3.81. The quantitative estimate of drug-likeness (QED) is 0.558. The number of aromatic nitrogens is 2. The highest BCUT2D eigenvalue weighted by molar-refractivity contribution is 5.94. The zero-order valence-corrected chi connectivity index (χ0v) is 16.5. The first-order valence-corrected chi connectivity index (χ1v) is 8.40. The van der Waals surface area contributed by atoms with E-state index in [1.807, 2.05) is 47.1 Å². The normalized spacial score (nSPS) is 9.96. The third-order valence-electron chi connectivity index (χ3n) is 3.81. The Morgan fingerprint density at radius 1 is 1.15 bits per heavy atom. The number of benzene rings is 1. The maximum atomic E-state index is 12.1. The number of imidazole rings is 1. The maximum absolute atomic E-state index is 12.1. The van der Waals surface area contributed by atoms with Gasteiger partial charge in [-0.1, -0.05) is 12.1 Å². The second-order valence-corrected chi connectivity index (χ2v) is 5.77. The molecule has 0 aliphatic rings. The van der Waals surface area contributed by atoms with Crippen molar-refractivity contribution in [2.45, 2.75) is 19.4 Å². The molecule has 0 bridgehead atoms. The second kappa shape index (κ2) is 11.4. The minimum Gasteiger partial charge on any atom is -0.487 e. The average Bonchev–Trinajstić information content (AvgIpc) is 3.06. The zero-order chi connectivity index (χ0) is 17.5. The van der Waals surface area contributed by atoms with Crippen molar-refractivity contribution in [2.24, 2.45) is 5.73 Å². The molecular formula is C19H24Cl2N4O2. The number of hydrogen-bond acceptors (Lipinski definition) is 4. The Bertz CT molecular complexity index is 821. The van der Waals surface area contributed by atoms with Crippen LogP contribution in [0.2, 0.25) is 0 Å². The van der Waals surface area contributed by atoms with Gasteiger partial charge in [0.15, 0.2) is 0 Å². The van der Waals surface area contributed by atoms with Gasteiger partial charge in [0.05, 0.1) is 5.69 Å². The lowest BCUT2D eigenvalue weighted by Crippen LogP contribution is -2.24. The SMILES string of the molecule is Cl.Cl.NCCCCNC(=O)c1cccc(OCc2cn3ccccc3n2)c1. The molecule has 146 valence electrons. The zero-order valence-electron chi connectivity index (χ0n) is 14.8. The highest BCUT2D eigenvalue weighted by Gasteiger charge is 2.07. The minimum atomic E-state index is -0.102. The number of carbonyl (C=O) groups excluding carboxylic acids is 1. The molecule has 0 atom stereocenters. The van der Waals surface area contributed by atoms with Gasteiger partial charge in [-0.15, -0.1) is 24.8 Å². The molecule has 27 heavy (non-hydrogen) atoms. The van der Waals surface area contributed by atoms with E-state index in [-0.39, 0.29) is 30.7 Å². The van der Waals surface area contributed by atoms with E-state index in [2.05, 4.69) is 10.3 Å². The molecule has 3 rings (SSSR count). The minimum absolute atomic E-state index is 0. The van der Waals surface area contributed by atoms with E-state index in [1.165, 1.54) is 0 Å². The predicted molar refractivity (Wildman–Crippen MR) is 111 cm³/mol. The van der Waals surface area contributed by atoms with Crippen LogP contribution in [0.3, 0.4) is 0 Å². The number of nitrogens with two attached hydrogens (primary N) is 1. The van der Waals surface area contributed by atoms with E-state index < -0.39 is 0 Å². The monoisotopic (exact) mass is 410 g/mol. The van der Waals surface area contributed by atoms with Crippen LogP contribution in [0.4, 0.5) is 0 Å². The third kappa shape index (κ3) is 6.43. The van der Waals surface area contributed by atoms with Crippen LogP contribution in [0.15, 0.2) is 54.9 Å². The van der Waals surface area contributed by atoms with E-state index in [1.54, 1.807) is 12.1 Å². The fraction of sp³-hybridized carbons (Fsp3) is 0.263. The summed E-state index contributed by atoms with van der Waals surface area (Å²) in [5.74, 6) is 0.543. The number of amides is 1. The van der Waals surface area contributed by atoms with Crippen LogP contribution >= 0.6 is 24.8 Å². The molecule has 1 amide bonds. The largest absolute Gasteiger partial charge is 0.487 e. The van der Waals surface area contributed by atoms with Gasteiger partial charge in [0.1, 0.15) is 18.0 Å². The molecule has 1 aromatic carbocycles. The molecule has 0 spiro atoms. The summed E-state index contributed by atoms with van der Waals surface area (Å²) in [5.41, 5.74) is 7.75. The topological polar surface area (TPSA) is 81.6 Å². The van der Waals surface area contributed by atoms with E-state index in [0.717, 1.165) is 24.2 Å². The lowest BCUT2D eigenvalue weighted by Gasteiger charge is -2.08. The van der Waals surface area contributed by atoms with Gasteiger partial charge < -0.3 is 20.2 Å². The number of rotatable bonds is 8. The van der Waals surface area contributed by atoms with Gasteiger partial charge in [0, 0.05) is 24.5 Å². The lowest BCUT2D eigenvalue weighted by molar-refractivity contribution is 0.0952. The number of halogens is 2. The van der Waals surface area contributed by atoms with E-state index in [4.69, 9.17) is 10.5 Å². The number of pyridine rings is 1. The van der Waals surface area contributed by atoms with Crippen LogP contribution in [0.5, 0.6) is 5.75 Å². The van der Waals surface area contributed by atoms with Crippen molar-refractivity contribution in [3.8, 4) is 5.75 Å². The van der Waals surface area contributed by atoms with Gasteiger partial charge >= 0.3 is 0 Å². The highest BCUT2D eigenvalue weighted by atomic mass is 35.5. The summed E-state index contributed by atoms with van der Waals surface area (Å²) in [6.07, 6.45) is 5.67. The van der Waals surface area contributed by atoms with Gasteiger partial charge in [-0.3, -0.25) is 4.79 Å². The standard InChI is InChI=1S/C19H22N4O2.2ClH/c20-9-2-3-10-21-19(24)15-6-5-7-17(12-15)25-14-16-13-23-11-4-1-8-18(23)22-16;;/h1,4-8,11-13H,2-3,9-10,14,20H2,(H,21,24);2*1H. The summed E-state index contributed by atoms with van der Waals surface area (Å²) in [7, 11) is 0. The summed E-state index contributed by atoms with van der Waals surface area (Å²) in [6.45, 7) is 1.62. The van der Waals surface area contributed by atoms with Gasteiger partial charge in [-0.2, -0.15) is 0 Å². The Kier molecular flexibility index (Phi) is 9.64. The van der Waals surface area contributed by atoms with Gasteiger partial charge in [0.25, 0.3) is 5.91 Å². The predicted octanol–water partition coefficient (Wildman–Crippen LogP) is 3.23. The van der Waals surface area contributed by atoms with Crippen LogP contribution in [-0.2, 0) is 6.61 Å². The first-order valence-electron chi connectivity index (χ1n) is 8.40. The molecule has 0 saturated heterocycles. The summed E-state index contributed by atoms with van der Waals surface area (Å²) >= 11 is 0. The smallest absolute Gasteiger partial charge is 0.251 e. The molecule has 0 fully saturated rings. The van der Waals surface area contributed by atoms with Gasteiger partial charge in [0.2, 0.25) is 0 Å². The Morgan fingerprint density at radius 2 is 2.00 bits per heavy atom. The molecule has 0 aliphatic heterocycles. The Labute approximate surface area is 170 Å². The molecule has 8 heteroatoms. The van der Waals surface area contributed by atoms with Crippen LogP contribution in [-0.4, -0.2) is 28.4 Å². The van der Waals surface area contributed by atoms with Crippen molar-refractivity contribution < 1.29 is 9.53 Å². The van der Waals surface area contributed by atoms with Gasteiger partial charge in [-0.05, 0) is 49.7 Å². The molecule has 3 N–H and O–H groups in total. The Hall–Kier alpha value is -2.28. The Balaban J connectivity index is 0.00000182.